The molecule has 0 aliphatic rings. The lowest BCUT2D eigenvalue weighted by Gasteiger charge is -2.10. The molecule has 0 radical (unpaired) electrons. The second-order valence-electron chi connectivity index (χ2n) is 8.19. The Morgan fingerprint density at radius 3 is 2.53 bits per heavy atom. The molecule has 0 atom stereocenters. The van der Waals surface area contributed by atoms with Gasteiger partial charge in [0.25, 0.3) is 5.91 Å². The van der Waals surface area contributed by atoms with Crippen molar-refractivity contribution in [3.63, 3.8) is 0 Å². The third-order valence-electron chi connectivity index (χ3n) is 5.11. The van der Waals surface area contributed by atoms with E-state index in [0.717, 1.165) is 23.5 Å². The van der Waals surface area contributed by atoms with Crippen LogP contribution in [0.3, 0.4) is 0 Å². The molecule has 0 fully saturated rings. The summed E-state index contributed by atoms with van der Waals surface area (Å²) in [4.78, 5) is 43.1. The smallest absolute Gasteiger partial charge is 0.433 e. The number of fused-ring (bicyclic) bond motifs is 1. The fourth-order valence-electron chi connectivity index (χ4n) is 3.52. The van der Waals surface area contributed by atoms with Crippen molar-refractivity contribution in [1.82, 2.24) is 14.6 Å². The lowest BCUT2D eigenvalue weighted by molar-refractivity contribution is -0.142. The highest BCUT2D eigenvalue weighted by molar-refractivity contribution is 7.18. The first-order chi connectivity index (χ1) is 17.9. The van der Waals surface area contributed by atoms with Gasteiger partial charge in [0.05, 0.1) is 28.8 Å². The van der Waals surface area contributed by atoms with Gasteiger partial charge >= 0.3 is 18.1 Å². The Bertz CT molecular complexity index is 1520. The Balaban J connectivity index is 1.76. The molecule has 4 heterocycles. The molecule has 4 aromatic heterocycles. The van der Waals surface area contributed by atoms with Crippen LogP contribution in [0.4, 0.5) is 18.2 Å². The largest absolute Gasteiger partial charge is 0.462 e. The number of alkyl halides is 3. The van der Waals surface area contributed by atoms with E-state index in [1.54, 1.807) is 38.3 Å². The van der Waals surface area contributed by atoms with Gasteiger partial charge in [-0.25, -0.2) is 19.1 Å². The molecule has 0 unspecified atom stereocenters. The maximum atomic E-state index is 13.8. The van der Waals surface area contributed by atoms with E-state index in [0.29, 0.717) is 9.39 Å². The Kier molecular flexibility index (Phi) is 7.56. The first kappa shape index (κ1) is 27.3. The van der Waals surface area contributed by atoms with E-state index in [1.165, 1.54) is 18.3 Å². The maximum absolute atomic E-state index is 13.8. The molecule has 0 aliphatic carbocycles. The van der Waals surface area contributed by atoms with Crippen molar-refractivity contribution in [1.29, 1.82) is 0 Å². The third kappa shape index (κ3) is 5.41. The van der Waals surface area contributed by atoms with E-state index < -0.39 is 35.8 Å². The van der Waals surface area contributed by atoms with Crippen molar-refractivity contribution < 1.29 is 37.0 Å². The molecule has 14 heteroatoms. The van der Waals surface area contributed by atoms with Crippen LogP contribution >= 0.6 is 22.7 Å². The molecular weight excluding hydrogens is 545 g/mol. The molecule has 0 aliphatic heterocycles. The molecule has 38 heavy (non-hydrogen) atoms. The van der Waals surface area contributed by atoms with Gasteiger partial charge in [-0.2, -0.15) is 18.3 Å². The van der Waals surface area contributed by atoms with Crippen LogP contribution in [0.1, 0.15) is 62.5 Å². The molecule has 0 spiro atoms. The zero-order valence-electron chi connectivity index (χ0n) is 20.5. The fourth-order valence-corrected chi connectivity index (χ4v) is 5.29. The Morgan fingerprint density at radius 1 is 1.18 bits per heavy atom. The Morgan fingerprint density at radius 2 is 1.92 bits per heavy atom. The lowest BCUT2D eigenvalue weighted by atomic mass is 10.1. The minimum absolute atomic E-state index is 0.0264. The number of anilines is 1. The lowest BCUT2D eigenvalue weighted by Crippen LogP contribution is -2.18. The topological polar surface area (TPSA) is 112 Å². The van der Waals surface area contributed by atoms with Crippen LogP contribution in [0, 0.1) is 6.92 Å². The highest BCUT2D eigenvalue weighted by Crippen LogP contribution is 2.36. The third-order valence-corrected chi connectivity index (χ3v) is 7.19. The number of nitrogens with zero attached hydrogens (tertiary/aromatic N) is 3. The van der Waals surface area contributed by atoms with Crippen LogP contribution in [-0.4, -0.2) is 45.2 Å². The van der Waals surface area contributed by atoms with Crippen LogP contribution in [-0.2, 0) is 15.7 Å². The van der Waals surface area contributed by atoms with Gasteiger partial charge in [0.1, 0.15) is 9.88 Å². The van der Waals surface area contributed by atoms with Gasteiger partial charge in [0.15, 0.2) is 17.0 Å². The number of halogens is 3. The van der Waals surface area contributed by atoms with Crippen LogP contribution in [0.25, 0.3) is 16.2 Å². The molecular formula is C24H21F3N4O5S2. The molecule has 9 nitrogen and oxygen atoms in total. The number of hydrogen-bond acceptors (Lipinski definition) is 9. The predicted molar refractivity (Wildman–Crippen MR) is 135 cm³/mol. The van der Waals surface area contributed by atoms with Gasteiger partial charge in [-0.05, 0) is 50.8 Å². The quantitative estimate of drug-likeness (QED) is 0.280. The number of nitrogens with one attached hydrogen (secondary N) is 1. The summed E-state index contributed by atoms with van der Waals surface area (Å²) in [6.45, 7) is 6.49. The first-order valence-corrected chi connectivity index (χ1v) is 12.9. The standard InChI is InChI=1S/C24H21F3N4O5S2/c1-5-35-23(34)19-12(4)18(22(33)36-11(2)3)21(38-19)29-20(32)14-10-17-28-13(15-7-6-8-37-15)9-16(24(25,26)27)31(17)30-14/h6-11H,5H2,1-4H3,(H,29,32). The zero-order chi connectivity index (χ0) is 27.8. The Hall–Kier alpha value is -3.78. The van der Waals surface area contributed by atoms with E-state index in [4.69, 9.17) is 9.47 Å². The molecule has 4 rings (SSSR count). The van der Waals surface area contributed by atoms with E-state index in [9.17, 15) is 27.6 Å². The van der Waals surface area contributed by atoms with Crippen LogP contribution in [0.2, 0.25) is 0 Å². The van der Waals surface area contributed by atoms with Crippen molar-refractivity contribution >= 4 is 51.2 Å². The number of thiophene rings is 2. The molecule has 1 N–H and O–H groups in total. The molecule has 0 bridgehead atoms. The minimum atomic E-state index is -4.78. The molecule has 1 amide bonds. The van der Waals surface area contributed by atoms with E-state index >= 15 is 0 Å². The summed E-state index contributed by atoms with van der Waals surface area (Å²) in [7, 11) is 0. The molecule has 4 aromatic rings. The predicted octanol–water partition coefficient (Wildman–Crippen LogP) is 5.84. The number of amides is 1. The van der Waals surface area contributed by atoms with Crippen LogP contribution in [0.5, 0.6) is 0 Å². The Labute approximate surface area is 222 Å². The van der Waals surface area contributed by atoms with E-state index in [-0.39, 0.29) is 44.6 Å². The number of ether oxygens (including phenoxy) is 2. The molecule has 200 valence electrons. The van der Waals surface area contributed by atoms with E-state index in [1.807, 2.05) is 0 Å². The number of rotatable bonds is 7. The van der Waals surface area contributed by atoms with Gasteiger partial charge in [-0.3, -0.25) is 4.79 Å². The van der Waals surface area contributed by atoms with Gasteiger partial charge < -0.3 is 14.8 Å². The molecule has 0 aromatic carbocycles. The number of carbonyl (C=O) groups excluding carboxylic acids is 3. The van der Waals surface area contributed by atoms with Crippen molar-refractivity contribution in [2.24, 2.45) is 0 Å². The summed E-state index contributed by atoms with van der Waals surface area (Å²) in [5.41, 5.74) is -1.41. The molecule has 0 saturated heterocycles. The SMILES string of the molecule is CCOC(=O)c1sc(NC(=O)c2cc3nc(-c4cccs4)cc(C(F)(F)F)n3n2)c(C(=O)OC(C)C)c1C. The van der Waals surface area contributed by atoms with Crippen molar-refractivity contribution in [2.45, 2.75) is 40.0 Å². The second-order valence-corrected chi connectivity index (χ2v) is 10.2. The van der Waals surface area contributed by atoms with Gasteiger partial charge in [0.2, 0.25) is 0 Å². The number of carbonyl (C=O) groups is 3. The van der Waals surface area contributed by atoms with Gasteiger partial charge in [0, 0.05) is 6.07 Å². The monoisotopic (exact) mass is 566 g/mol. The number of aromatic nitrogens is 3. The summed E-state index contributed by atoms with van der Waals surface area (Å²) in [5.74, 6) is -2.38. The average Bonchev–Trinajstić information content (AvgIpc) is 3.56. The van der Waals surface area contributed by atoms with Crippen LogP contribution in [0.15, 0.2) is 29.6 Å². The summed E-state index contributed by atoms with van der Waals surface area (Å²) in [6, 6.07) is 5.29. The van der Waals surface area contributed by atoms with Gasteiger partial charge in [-0.15, -0.1) is 22.7 Å². The summed E-state index contributed by atoms with van der Waals surface area (Å²) < 4.78 is 52.4. The number of hydrogen-bond donors (Lipinski definition) is 1. The normalized spacial score (nSPS) is 11.7. The highest BCUT2D eigenvalue weighted by Gasteiger charge is 2.36. The maximum Gasteiger partial charge on any atom is 0.433 e. The minimum Gasteiger partial charge on any atom is -0.462 e. The zero-order valence-corrected chi connectivity index (χ0v) is 22.1. The van der Waals surface area contributed by atoms with Crippen LogP contribution < -0.4 is 5.32 Å². The summed E-state index contributed by atoms with van der Waals surface area (Å²) in [5, 5.41) is 8.01. The summed E-state index contributed by atoms with van der Waals surface area (Å²) in [6.07, 6.45) is -5.26. The average molecular weight is 567 g/mol. The van der Waals surface area contributed by atoms with Crippen molar-refractivity contribution in [3.8, 4) is 10.6 Å². The highest BCUT2D eigenvalue weighted by atomic mass is 32.1. The summed E-state index contributed by atoms with van der Waals surface area (Å²) >= 11 is 2.01. The fraction of sp³-hybridized carbons (Fsp3) is 0.292. The van der Waals surface area contributed by atoms with E-state index in [2.05, 4.69) is 15.4 Å². The number of esters is 2. The molecule has 0 saturated carbocycles. The van der Waals surface area contributed by atoms with Crippen molar-refractivity contribution in [3.05, 3.63) is 57.0 Å². The van der Waals surface area contributed by atoms with Gasteiger partial charge in [-0.1, -0.05) is 6.07 Å². The second kappa shape index (κ2) is 10.5. The first-order valence-electron chi connectivity index (χ1n) is 11.2. The van der Waals surface area contributed by atoms with Crippen molar-refractivity contribution in [2.75, 3.05) is 11.9 Å².